The van der Waals surface area contributed by atoms with Crippen LogP contribution in [0.1, 0.15) is 42.1 Å². The van der Waals surface area contributed by atoms with E-state index >= 15 is 0 Å². The molecular weight excluding hydrogens is 266 g/mol. The second-order valence-electron chi connectivity index (χ2n) is 5.84. The summed E-state index contributed by atoms with van der Waals surface area (Å²) in [6, 6.07) is 5.63. The summed E-state index contributed by atoms with van der Waals surface area (Å²) in [5, 5.41) is 9.10. The lowest BCUT2D eigenvalue weighted by atomic mass is 9.94. The van der Waals surface area contributed by atoms with Gasteiger partial charge in [0.05, 0.1) is 7.11 Å². The van der Waals surface area contributed by atoms with Crippen molar-refractivity contribution >= 4 is 5.78 Å². The lowest BCUT2D eigenvalue weighted by Gasteiger charge is -2.32. The predicted molar refractivity (Wildman–Crippen MR) is 82.7 cm³/mol. The number of piperidine rings is 1. The van der Waals surface area contributed by atoms with Crippen molar-refractivity contribution in [2.75, 3.05) is 26.8 Å². The van der Waals surface area contributed by atoms with Gasteiger partial charge in [0.1, 0.15) is 5.75 Å². The first kappa shape index (κ1) is 16.0. The Labute approximate surface area is 126 Å². The molecule has 0 amide bonds. The average Bonchev–Trinajstić information content (AvgIpc) is 2.48. The number of ketones is 1. The van der Waals surface area contributed by atoms with Crippen molar-refractivity contribution in [2.24, 2.45) is 5.92 Å². The van der Waals surface area contributed by atoms with E-state index in [1.807, 2.05) is 18.2 Å². The van der Waals surface area contributed by atoms with Crippen LogP contribution in [0.15, 0.2) is 18.2 Å². The molecule has 1 aliphatic heterocycles. The molecule has 1 aromatic carbocycles. The molecule has 4 heteroatoms. The van der Waals surface area contributed by atoms with Crippen LogP contribution in [-0.4, -0.2) is 42.6 Å². The summed E-state index contributed by atoms with van der Waals surface area (Å²) in [5.41, 5.74) is 1.80. The van der Waals surface area contributed by atoms with Crippen molar-refractivity contribution in [2.45, 2.75) is 32.7 Å². The highest BCUT2D eigenvalue weighted by Gasteiger charge is 2.20. The number of carbonyl (C=O) groups is 1. The molecule has 116 valence electrons. The van der Waals surface area contributed by atoms with E-state index in [1.165, 1.54) is 12.8 Å². The number of benzene rings is 1. The van der Waals surface area contributed by atoms with Gasteiger partial charge in [-0.3, -0.25) is 9.69 Å². The van der Waals surface area contributed by atoms with E-state index in [4.69, 9.17) is 9.84 Å². The van der Waals surface area contributed by atoms with Gasteiger partial charge in [-0.2, -0.15) is 0 Å². The van der Waals surface area contributed by atoms with Crippen LogP contribution in [0.3, 0.4) is 0 Å². The molecule has 1 unspecified atom stereocenters. The first-order valence-electron chi connectivity index (χ1n) is 7.65. The SMILES string of the molecule is COc1ccc(C(C)=O)cc1CN1CCCC(CCO)C1. The molecule has 1 heterocycles. The van der Waals surface area contributed by atoms with Gasteiger partial charge < -0.3 is 9.84 Å². The molecule has 0 aromatic heterocycles. The molecule has 0 spiro atoms. The number of hydrogen-bond acceptors (Lipinski definition) is 4. The lowest BCUT2D eigenvalue weighted by molar-refractivity contribution is 0.101. The summed E-state index contributed by atoms with van der Waals surface area (Å²) < 4.78 is 5.42. The third kappa shape index (κ3) is 4.29. The molecule has 1 aliphatic rings. The Morgan fingerprint density at radius 1 is 1.48 bits per heavy atom. The number of aliphatic hydroxyl groups excluding tert-OH is 1. The van der Waals surface area contributed by atoms with Crippen molar-refractivity contribution < 1.29 is 14.6 Å². The van der Waals surface area contributed by atoms with E-state index in [9.17, 15) is 4.79 Å². The Kier molecular flexibility index (Phi) is 5.76. The number of ether oxygens (including phenoxy) is 1. The smallest absolute Gasteiger partial charge is 0.159 e. The van der Waals surface area contributed by atoms with Crippen LogP contribution in [0.25, 0.3) is 0 Å². The molecular formula is C17H25NO3. The van der Waals surface area contributed by atoms with E-state index in [-0.39, 0.29) is 12.4 Å². The largest absolute Gasteiger partial charge is 0.496 e. The Hall–Kier alpha value is -1.39. The van der Waals surface area contributed by atoms with E-state index in [0.29, 0.717) is 5.92 Å². The molecule has 0 saturated carbocycles. The summed E-state index contributed by atoms with van der Waals surface area (Å²) in [4.78, 5) is 13.9. The fourth-order valence-corrected chi connectivity index (χ4v) is 3.08. The molecule has 1 aromatic rings. The van der Waals surface area contributed by atoms with Crippen LogP contribution in [-0.2, 0) is 6.54 Å². The second-order valence-corrected chi connectivity index (χ2v) is 5.84. The van der Waals surface area contributed by atoms with Gasteiger partial charge >= 0.3 is 0 Å². The Morgan fingerprint density at radius 3 is 2.95 bits per heavy atom. The van der Waals surface area contributed by atoms with E-state index in [0.717, 1.165) is 42.9 Å². The Balaban J connectivity index is 2.10. The number of methoxy groups -OCH3 is 1. The van der Waals surface area contributed by atoms with Gasteiger partial charge in [0, 0.05) is 30.8 Å². The number of aliphatic hydroxyl groups is 1. The topological polar surface area (TPSA) is 49.8 Å². The number of likely N-dealkylation sites (tertiary alicyclic amines) is 1. The van der Waals surface area contributed by atoms with Crippen molar-refractivity contribution in [3.63, 3.8) is 0 Å². The third-order valence-electron chi connectivity index (χ3n) is 4.22. The van der Waals surface area contributed by atoms with Crippen LogP contribution >= 0.6 is 0 Å². The average molecular weight is 291 g/mol. The zero-order valence-corrected chi connectivity index (χ0v) is 13.0. The fourth-order valence-electron chi connectivity index (χ4n) is 3.08. The van der Waals surface area contributed by atoms with E-state index in [1.54, 1.807) is 14.0 Å². The quantitative estimate of drug-likeness (QED) is 0.818. The van der Waals surface area contributed by atoms with Gasteiger partial charge in [0.2, 0.25) is 0 Å². The molecule has 0 bridgehead atoms. The Bertz CT molecular complexity index is 485. The first-order chi connectivity index (χ1) is 10.1. The third-order valence-corrected chi connectivity index (χ3v) is 4.22. The number of nitrogens with zero attached hydrogens (tertiary/aromatic N) is 1. The van der Waals surface area contributed by atoms with E-state index in [2.05, 4.69) is 4.90 Å². The van der Waals surface area contributed by atoms with Crippen LogP contribution in [0.5, 0.6) is 5.75 Å². The summed E-state index contributed by atoms with van der Waals surface area (Å²) in [7, 11) is 1.66. The number of Topliss-reactive ketones (excluding diaryl/α,β-unsaturated/α-hetero) is 1. The van der Waals surface area contributed by atoms with Gasteiger partial charge in [-0.15, -0.1) is 0 Å². The van der Waals surface area contributed by atoms with E-state index < -0.39 is 0 Å². The molecule has 21 heavy (non-hydrogen) atoms. The number of rotatable bonds is 6. The van der Waals surface area contributed by atoms with Gasteiger partial charge in [0.25, 0.3) is 0 Å². The Morgan fingerprint density at radius 2 is 2.29 bits per heavy atom. The maximum atomic E-state index is 11.5. The standard InChI is InChI=1S/C17H25NO3/c1-13(20)15-5-6-17(21-2)16(10-15)12-18-8-3-4-14(11-18)7-9-19/h5-6,10,14,19H,3-4,7-9,11-12H2,1-2H3. The molecule has 0 radical (unpaired) electrons. The molecule has 1 saturated heterocycles. The van der Waals surface area contributed by atoms with Crippen molar-refractivity contribution in [1.82, 2.24) is 4.90 Å². The van der Waals surface area contributed by atoms with Crippen LogP contribution in [0.4, 0.5) is 0 Å². The molecule has 0 aliphatic carbocycles. The van der Waals surface area contributed by atoms with Crippen LogP contribution < -0.4 is 4.74 Å². The van der Waals surface area contributed by atoms with Crippen LogP contribution in [0.2, 0.25) is 0 Å². The first-order valence-corrected chi connectivity index (χ1v) is 7.65. The van der Waals surface area contributed by atoms with Crippen molar-refractivity contribution in [3.05, 3.63) is 29.3 Å². The van der Waals surface area contributed by atoms with Crippen LogP contribution in [0, 0.1) is 5.92 Å². The number of hydrogen-bond donors (Lipinski definition) is 1. The zero-order valence-electron chi connectivity index (χ0n) is 13.0. The minimum absolute atomic E-state index is 0.0794. The monoisotopic (exact) mass is 291 g/mol. The highest BCUT2D eigenvalue weighted by molar-refractivity contribution is 5.94. The minimum Gasteiger partial charge on any atom is -0.496 e. The van der Waals surface area contributed by atoms with Crippen molar-refractivity contribution in [3.8, 4) is 5.75 Å². The van der Waals surface area contributed by atoms with Gasteiger partial charge in [-0.25, -0.2) is 0 Å². The summed E-state index contributed by atoms with van der Waals surface area (Å²) in [5.74, 6) is 1.49. The van der Waals surface area contributed by atoms with Gasteiger partial charge in [-0.1, -0.05) is 0 Å². The normalized spacial score (nSPS) is 19.5. The van der Waals surface area contributed by atoms with Crippen molar-refractivity contribution in [1.29, 1.82) is 0 Å². The molecule has 1 fully saturated rings. The zero-order chi connectivity index (χ0) is 15.2. The van der Waals surface area contributed by atoms with Gasteiger partial charge in [0.15, 0.2) is 5.78 Å². The number of carbonyl (C=O) groups excluding carboxylic acids is 1. The maximum absolute atomic E-state index is 11.5. The maximum Gasteiger partial charge on any atom is 0.159 e. The minimum atomic E-state index is 0.0794. The fraction of sp³-hybridized carbons (Fsp3) is 0.588. The lowest BCUT2D eigenvalue weighted by Crippen LogP contribution is -2.35. The summed E-state index contributed by atoms with van der Waals surface area (Å²) >= 11 is 0. The predicted octanol–water partition coefficient (Wildman–Crippen LogP) is 2.49. The van der Waals surface area contributed by atoms with Gasteiger partial charge in [-0.05, 0) is 56.8 Å². The highest BCUT2D eigenvalue weighted by atomic mass is 16.5. The summed E-state index contributed by atoms with van der Waals surface area (Å²) in [6.45, 7) is 4.72. The summed E-state index contributed by atoms with van der Waals surface area (Å²) in [6.07, 6.45) is 3.24. The molecule has 4 nitrogen and oxygen atoms in total. The molecule has 2 rings (SSSR count). The highest BCUT2D eigenvalue weighted by Crippen LogP contribution is 2.25. The molecule has 1 atom stereocenters. The second kappa shape index (κ2) is 7.57. The molecule has 1 N–H and O–H groups in total.